The molecule has 1 saturated carbocycles. The highest BCUT2D eigenvalue weighted by Gasteiger charge is 2.40. The standard InChI is InChI=1S/C7H14ClNS/c1-10-5-4-9-7(6-8)2-3-7/h9H,2-6H2,1H3. The van der Waals surface area contributed by atoms with E-state index in [0.717, 1.165) is 12.4 Å². The molecule has 0 radical (unpaired) electrons. The highest BCUT2D eigenvalue weighted by molar-refractivity contribution is 7.98. The fraction of sp³-hybridized carbons (Fsp3) is 1.00. The number of nitrogens with one attached hydrogen (secondary N) is 1. The summed E-state index contributed by atoms with van der Waals surface area (Å²) >= 11 is 7.64. The van der Waals surface area contributed by atoms with Crippen LogP contribution in [0.4, 0.5) is 0 Å². The molecular formula is C7H14ClNS. The van der Waals surface area contributed by atoms with E-state index in [1.54, 1.807) is 0 Å². The van der Waals surface area contributed by atoms with Crippen LogP contribution in [0.3, 0.4) is 0 Å². The van der Waals surface area contributed by atoms with Crippen LogP contribution < -0.4 is 5.32 Å². The van der Waals surface area contributed by atoms with Gasteiger partial charge in [-0.15, -0.1) is 11.6 Å². The molecule has 0 unspecified atom stereocenters. The minimum Gasteiger partial charge on any atom is -0.309 e. The molecule has 1 fully saturated rings. The van der Waals surface area contributed by atoms with Gasteiger partial charge in [0.2, 0.25) is 0 Å². The molecule has 0 aromatic heterocycles. The molecule has 0 heterocycles. The molecule has 0 saturated heterocycles. The summed E-state index contributed by atoms with van der Waals surface area (Å²) in [6.45, 7) is 1.11. The van der Waals surface area contributed by atoms with Gasteiger partial charge in [-0.2, -0.15) is 11.8 Å². The Labute approximate surface area is 71.9 Å². The molecule has 10 heavy (non-hydrogen) atoms. The van der Waals surface area contributed by atoms with E-state index in [1.807, 2.05) is 11.8 Å². The number of rotatable bonds is 5. The van der Waals surface area contributed by atoms with Crippen molar-refractivity contribution in [1.29, 1.82) is 0 Å². The Balaban J connectivity index is 2.01. The van der Waals surface area contributed by atoms with Gasteiger partial charge in [0.25, 0.3) is 0 Å². The van der Waals surface area contributed by atoms with Crippen molar-refractivity contribution in [2.24, 2.45) is 0 Å². The Hall–Kier alpha value is 0.600. The fourth-order valence-corrected chi connectivity index (χ4v) is 1.59. The van der Waals surface area contributed by atoms with Crippen molar-refractivity contribution in [3.63, 3.8) is 0 Å². The summed E-state index contributed by atoms with van der Waals surface area (Å²) < 4.78 is 0. The quantitative estimate of drug-likeness (QED) is 0.510. The second kappa shape index (κ2) is 3.84. The Morgan fingerprint density at radius 2 is 2.30 bits per heavy atom. The molecule has 1 rings (SSSR count). The molecule has 1 aliphatic rings. The molecule has 0 bridgehead atoms. The third-order valence-electron chi connectivity index (χ3n) is 1.92. The van der Waals surface area contributed by atoms with E-state index in [1.165, 1.54) is 18.6 Å². The van der Waals surface area contributed by atoms with Crippen LogP contribution in [0, 0.1) is 0 Å². The summed E-state index contributed by atoms with van der Waals surface area (Å²) in [5, 5.41) is 3.47. The first kappa shape index (κ1) is 8.69. The molecule has 0 amide bonds. The lowest BCUT2D eigenvalue weighted by Gasteiger charge is -2.12. The average Bonchev–Trinajstić information content (AvgIpc) is 2.70. The van der Waals surface area contributed by atoms with Crippen molar-refractivity contribution >= 4 is 23.4 Å². The Morgan fingerprint density at radius 3 is 2.70 bits per heavy atom. The molecule has 3 heteroatoms. The molecule has 0 spiro atoms. The lowest BCUT2D eigenvalue weighted by molar-refractivity contribution is 0.567. The first-order chi connectivity index (χ1) is 4.83. The first-order valence-corrected chi connectivity index (χ1v) is 5.56. The van der Waals surface area contributed by atoms with Crippen molar-refractivity contribution in [3.8, 4) is 0 Å². The molecule has 1 nitrogen and oxygen atoms in total. The third kappa shape index (κ3) is 2.33. The molecule has 0 aromatic carbocycles. The highest BCUT2D eigenvalue weighted by atomic mass is 35.5. The third-order valence-corrected chi connectivity index (χ3v) is 3.04. The Kier molecular flexibility index (Phi) is 3.34. The Bertz CT molecular complexity index is 104. The van der Waals surface area contributed by atoms with Crippen molar-refractivity contribution < 1.29 is 0 Å². The zero-order chi connectivity index (χ0) is 7.45. The largest absolute Gasteiger partial charge is 0.309 e. The van der Waals surface area contributed by atoms with Gasteiger partial charge in [-0.1, -0.05) is 0 Å². The molecule has 60 valence electrons. The first-order valence-electron chi connectivity index (χ1n) is 3.63. The van der Waals surface area contributed by atoms with E-state index >= 15 is 0 Å². The van der Waals surface area contributed by atoms with Gasteiger partial charge in [-0.05, 0) is 19.1 Å². The number of thioether (sulfide) groups is 1. The molecule has 0 aliphatic heterocycles. The van der Waals surface area contributed by atoms with Gasteiger partial charge in [0, 0.05) is 23.7 Å². The fourth-order valence-electron chi connectivity index (χ4n) is 0.927. The van der Waals surface area contributed by atoms with E-state index in [2.05, 4.69) is 11.6 Å². The van der Waals surface area contributed by atoms with Gasteiger partial charge < -0.3 is 5.32 Å². The van der Waals surface area contributed by atoms with E-state index in [-0.39, 0.29) is 0 Å². The van der Waals surface area contributed by atoms with E-state index in [4.69, 9.17) is 11.6 Å². The number of alkyl halides is 1. The van der Waals surface area contributed by atoms with Crippen molar-refractivity contribution in [3.05, 3.63) is 0 Å². The second-order valence-corrected chi connectivity index (χ2v) is 4.09. The lowest BCUT2D eigenvalue weighted by atomic mass is 10.3. The van der Waals surface area contributed by atoms with Crippen LogP contribution in [0.25, 0.3) is 0 Å². The van der Waals surface area contributed by atoms with Crippen molar-refractivity contribution in [2.75, 3.05) is 24.4 Å². The number of hydrogen-bond acceptors (Lipinski definition) is 2. The maximum Gasteiger partial charge on any atom is 0.0406 e. The van der Waals surface area contributed by atoms with Crippen LogP contribution in [0.5, 0.6) is 0 Å². The summed E-state index contributed by atoms with van der Waals surface area (Å²) in [6.07, 6.45) is 4.66. The SMILES string of the molecule is CSCCNC1(CCl)CC1. The lowest BCUT2D eigenvalue weighted by Crippen LogP contribution is -2.34. The Morgan fingerprint density at radius 1 is 1.60 bits per heavy atom. The van der Waals surface area contributed by atoms with Gasteiger partial charge in [-0.3, -0.25) is 0 Å². The number of halogens is 1. The average molecular weight is 180 g/mol. The monoisotopic (exact) mass is 179 g/mol. The maximum absolute atomic E-state index is 5.77. The topological polar surface area (TPSA) is 12.0 Å². The van der Waals surface area contributed by atoms with E-state index in [0.29, 0.717) is 5.54 Å². The van der Waals surface area contributed by atoms with Crippen molar-refractivity contribution in [1.82, 2.24) is 5.32 Å². The maximum atomic E-state index is 5.77. The van der Waals surface area contributed by atoms with Crippen LogP contribution in [-0.4, -0.2) is 30.0 Å². The van der Waals surface area contributed by atoms with Crippen LogP contribution in [0.1, 0.15) is 12.8 Å². The molecular weight excluding hydrogens is 166 g/mol. The van der Waals surface area contributed by atoms with Gasteiger partial charge in [0.15, 0.2) is 0 Å². The second-order valence-electron chi connectivity index (χ2n) is 2.83. The normalized spacial score (nSPS) is 21.0. The van der Waals surface area contributed by atoms with Gasteiger partial charge in [-0.25, -0.2) is 0 Å². The molecule has 0 aromatic rings. The zero-order valence-electron chi connectivity index (χ0n) is 6.32. The minimum absolute atomic E-state index is 0.345. The smallest absolute Gasteiger partial charge is 0.0406 e. The zero-order valence-corrected chi connectivity index (χ0v) is 7.89. The van der Waals surface area contributed by atoms with E-state index < -0.39 is 0 Å². The van der Waals surface area contributed by atoms with E-state index in [9.17, 15) is 0 Å². The van der Waals surface area contributed by atoms with Gasteiger partial charge >= 0.3 is 0 Å². The van der Waals surface area contributed by atoms with Gasteiger partial charge in [0.1, 0.15) is 0 Å². The number of hydrogen-bond donors (Lipinski definition) is 1. The van der Waals surface area contributed by atoms with Crippen LogP contribution in [-0.2, 0) is 0 Å². The summed E-state index contributed by atoms with van der Waals surface area (Å²) in [7, 11) is 0. The predicted octanol–water partition coefficient (Wildman–Crippen LogP) is 1.71. The molecule has 1 aliphatic carbocycles. The predicted molar refractivity (Wildman–Crippen MR) is 49.1 cm³/mol. The van der Waals surface area contributed by atoms with Crippen LogP contribution in [0.2, 0.25) is 0 Å². The summed E-state index contributed by atoms with van der Waals surface area (Å²) in [5.74, 6) is 1.97. The highest BCUT2D eigenvalue weighted by Crippen LogP contribution is 2.36. The summed E-state index contributed by atoms with van der Waals surface area (Å²) in [5.41, 5.74) is 0.345. The molecule has 1 N–H and O–H groups in total. The van der Waals surface area contributed by atoms with Crippen LogP contribution in [0.15, 0.2) is 0 Å². The molecule has 0 atom stereocenters. The van der Waals surface area contributed by atoms with Gasteiger partial charge in [0.05, 0.1) is 0 Å². The summed E-state index contributed by atoms with van der Waals surface area (Å²) in [6, 6.07) is 0. The summed E-state index contributed by atoms with van der Waals surface area (Å²) in [4.78, 5) is 0. The van der Waals surface area contributed by atoms with Crippen LogP contribution >= 0.6 is 23.4 Å². The minimum atomic E-state index is 0.345. The van der Waals surface area contributed by atoms with Crippen molar-refractivity contribution in [2.45, 2.75) is 18.4 Å².